The van der Waals surface area contributed by atoms with Gasteiger partial charge >= 0.3 is 12.0 Å². The molecule has 0 bridgehead atoms. The van der Waals surface area contributed by atoms with Gasteiger partial charge in [-0.15, -0.1) is 0 Å². The summed E-state index contributed by atoms with van der Waals surface area (Å²) in [5.41, 5.74) is 5.28. The summed E-state index contributed by atoms with van der Waals surface area (Å²) in [4.78, 5) is 36.4. The minimum Gasteiger partial charge on any atom is -0.480 e. The van der Waals surface area contributed by atoms with Gasteiger partial charge < -0.3 is 21.1 Å². The summed E-state index contributed by atoms with van der Waals surface area (Å²) in [6.45, 7) is 0.441. The highest BCUT2D eigenvalue weighted by molar-refractivity contribution is 5.88. The smallest absolute Gasteiger partial charge is 0.326 e. The third-order valence-corrected chi connectivity index (χ3v) is 4.51. The standard InChI is InChI=1S/C14H23N3O4/c15-12(18)10-7-4-8-17(10)14(21)16-11(13(19)20)9-5-2-1-3-6-9/h9-11H,1-8H2,(H2,15,18)(H,16,21)(H,19,20). The normalized spacial score (nSPS) is 24.6. The van der Waals surface area contributed by atoms with Crippen LogP contribution in [0.25, 0.3) is 0 Å². The van der Waals surface area contributed by atoms with E-state index in [9.17, 15) is 19.5 Å². The van der Waals surface area contributed by atoms with Crippen molar-refractivity contribution in [1.29, 1.82) is 0 Å². The molecule has 0 aromatic rings. The van der Waals surface area contributed by atoms with Crippen LogP contribution in [0.5, 0.6) is 0 Å². The van der Waals surface area contributed by atoms with Crippen molar-refractivity contribution in [2.45, 2.75) is 57.0 Å². The van der Waals surface area contributed by atoms with Crippen LogP contribution in [0.4, 0.5) is 4.79 Å². The molecule has 1 saturated heterocycles. The molecule has 3 amide bonds. The average Bonchev–Trinajstić information content (AvgIpc) is 2.94. The molecule has 1 aliphatic heterocycles. The van der Waals surface area contributed by atoms with E-state index in [0.29, 0.717) is 19.4 Å². The monoisotopic (exact) mass is 297 g/mol. The number of amides is 3. The van der Waals surface area contributed by atoms with E-state index in [1.807, 2.05) is 0 Å². The Bertz CT molecular complexity index is 420. The van der Waals surface area contributed by atoms with Crippen molar-refractivity contribution in [1.82, 2.24) is 10.2 Å². The third kappa shape index (κ3) is 3.65. The number of primary amides is 1. The average molecular weight is 297 g/mol. The van der Waals surface area contributed by atoms with Crippen molar-refractivity contribution in [2.24, 2.45) is 11.7 Å². The van der Waals surface area contributed by atoms with Gasteiger partial charge in [0.1, 0.15) is 12.1 Å². The molecule has 1 saturated carbocycles. The van der Waals surface area contributed by atoms with Gasteiger partial charge in [-0.3, -0.25) is 4.79 Å². The van der Waals surface area contributed by atoms with E-state index >= 15 is 0 Å². The summed E-state index contributed by atoms with van der Waals surface area (Å²) in [6, 6.07) is -1.99. The zero-order valence-corrected chi connectivity index (χ0v) is 12.1. The predicted octanol–water partition coefficient (Wildman–Crippen LogP) is 0.679. The van der Waals surface area contributed by atoms with Crippen LogP contribution in [0.1, 0.15) is 44.9 Å². The summed E-state index contributed by atoms with van der Waals surface area (Å²) in [6.07, 6.45) is 6.00. The molecular weight excluding hydrogens is 274 g/mol. The molecule has 0 aromatic carbocycles. The van der Waals surface area contributed by atoms with Gasteiger partial charge in [0.25, 0.3) is 0 Å². The fourth-order valence-electron chi connectivity index (χ4n) is 3.37. The highest BCUT2D eigenvalue weighted by Crippen LogP contribution is 2.27. The zero-order valence-electron chi connectivity index (χ0n) is 12.1. The number of urea groups is 1. The Hall–Kier alpha value is -1.79. The lowest BCUT2D eigenvalue weighted by atomic mass is 9.84. The van der Waals surface area contributed by atoms with E-state index in [1.165, 1.54) is 4.90 Å². The van der Waals surface area contributed by atoms with Gasteiger partial charge in [0.15, 0.2) is 0 Å². The Kier molecular flexibility index (Phi) is 5.03. The maximum atomic E-state index is 12.3. The minimum absolute atomic E-state index is 0.0326. The van der Waals surface area contributed by atoms with Crippen LogP contribution >= 0.6 is 0 Å². The number of nitrogens with two attached hydrogens (primary N) is 1. The topological polar surface area (TPSA) is 113 Å². The molecule has 2 rings (SSSR count). The Morgan fingerprint density at radius 1 is 1.10 bits per heavy atom. The van der Waals surface area contributed by atoms with Gasteiger partial charge in [0.05, 0.1) is 0 Å². The largest absolute Gasteiger partial charge is 0.480 e. The van der Waals surface area contributed by atoms with Gasteiger partial charge in [-0.2, -0.15) is 0 Å². The predicted molar refractivity (Wildman–Crippen MR) is 75.5 cm³/mol. The molecule has 0 spiro atoms. The molecule has 7 heteroatoms. The Morgan fingerprint density at radius 3 is 2.33 bits per heavy atom. The van der Waals surface area contributed by atoms with E-state index in [0.717, 1.165) is 32.1 Å². The maximum absolute atomic E-state index is 12.3. The number of carboxylic acids is 1. The third-order valence-electron chi connectivity index (χ3n) is 4.51. The fourth-order valence-corrected chi connectivity index (χ4v) is 3.37. The maximum Gasteiger partial charge on any atom is 0.326 e. The Balaban J connectivity index is 2.00. The van der Waals surface area contributed by atoms with Gasteiger partial charge in [0.2, 0.25) is 5.91 Å². The molecule has 2 unspecified atom stereocenters. The SMILES string of the molecule is NC(=O)C1CCCN1C(=O)NC(C(=O)O)C1CCCCC1. The first-order valence-corrected chi connectivity index (χ1v) is 7.60. The quantitative estimate of drug-likeness (QED) is 0.708. The van der Waals surface area contributed by atoms with Crippen LogP contribution in [0.15, 0.2) is 0 Å². The van der Waals surface area contributed by atoms with Crippen LogP contribution in [0.3, 0.4) is 0 Å². The molecule has 7 nitrogen and oxygen atoms in total. The summed E-state index contributed by atoms with van der Waals surface area (Å²) < 4.78 is 0. The lowest BCUT2D eigenvalue weighted by molar-refractivity contribution is -0.141. The highest BCUT2D eigenvalue weighted by atomic mass is 16.4. The number of hydrogen-bond donors (Lipinski definition) is 3. The molecule has 1 heterocycles. The molecule has 2 atom stereocenters. The van der Waals surface area contributed by atoms with Crippen molar-refractivity contribution < 1.29 is 19.5 Å². The van der Waals surface area contributed by atoms with Crippen LogP contribution in [0, 0.1) is 5.92 Å². The van der Waals surface area contributed by atoms with Crippen LogP contribution < -0.4 is 11.1 Å². The second kappa shape index (κ2) is 6.78. The summed E-state index contributed by atoms with van der Waals surface area (Å²) in [5.74, 6) is -1.58. The van der Waals surface area contributed by atoms with Gasteiger partial charge in [0, 0.05) is 6.54 Å². The number of hydrogen-bond acceptors (Lipinski definition) is 3. The Labute approximate surface area is 123 Å². The van der Waals surface area contributed by atoms with Crippen LogP contribution in [-0.2, 0) is 9.59 Å². The van der Waals surface area contributed by atoms with Crippen LogP contribution in [-0.4, -0.2) is 46.5 Å². The van der Waals surface area contributed by atoms with Crippen molar-refractivity contribution in [3.8, 4) is 0 Å². The molecule has 0 aromatic heterocycles. The number of likely N-dealkylation sites (tertiary alicyclic amines) is 1. The van der Waals surface area contributed by atoms with Crippen molar-refractivity contribution in [2.75, 3.05) is 6.54 Å². The number of carbonyl (C=O) groups excluding carboxylic acids is 2. The van der Waals surface area contributed by atoms with Gasteiger partial charge in [-0.05, 0) is 31.6 Å². The second-order valence-corrected chi connectivity index (χ2v) is 5.92. The number of nitrogens with one attached hydrogen (secondary N) is 1. The molecular formula is C14H23N3O4. The number of rotatable bonds is 4. The number of aliphatic carboxylic acids is 1. The number of nitrogens with zero attached hydrogens (tertiary/aromatic N) is 1. The molecule has 0 radical (unpaired) electrons. The molecule has 2 fully saturated rings. The first-order valence-electron chi connectivity index (χ1n) is 7.60. The van der Waals surface area contributed by atoms with E-state index in [1.54, 1.807) is 0 Å². The second-order valence-electron chi connectivity index (χ2n) is 5.92. The lowest BCUT2D eigenvalue weighted by Crippen LogP contribution is -2.54. The van der Waals surface area contributed by atoms with Crippen molar-refractivity contribution in [3.05, 3.63) is 0 Å². The van der Waals surface area contributed by atoms with E-state index in [4.69, 9.17) is 5.73 Å². The van der Waals surface area contributed by atoms with E-state index in [-0.39, 0.29) is 5.92 Å². The van der Waals surface area contributed by atoms with Gasteiger partial charge in [-0.25, -0.2) is 9.59 Å². The van der Waals surface area contributed by atoms with Crippen LogP contribution in [0.2, 0.25) is 0 Å². The summed E-state index contributed by atoms with van der Waals surface area (Å²) in [7, 11) is 0. The fraction of sp³-hybridized carbons (Fsp3) is 0.786. The molecule has 21 heavy (non-hydrogen) atoms. The molecule has 1 aliphatic carbocycles. The lowest BCUT2D eigenvalue weighted by Gasteiger charge is -2.30. The van der Waals surface area contributed by atoms with E-state index < -0.39 is 30.0 Å². The first-order chi connectivity index (χ1) is 10.0. The Morgan fingerprint density at radius 2 is 1.76 bits per heavy atom. The van der Waals surface area contributed by atoms with Crippen molar-refractivity contribution in [3.63, 3.8) is 0 Å². The highest BCUT2D eigenvalue weighted by Gasteiger charge is 2.36. The van der Waals surface area contributed by atoms with Gasteiger partial charge in [-0.1, -0.05) is 19.3 Å². The van der Waals surface area contributed by atoms with Crippen molar-refractivity contribution >= 4 is 17.9 Å². The summed E-state index contributed by atoms with van der Waals surface area (Å²) in [5, 5.41) is 12.0. The number of carboxylic acid groups (broad SMARTS) is 1. The molecule has 118 valence electrons. The number of carbonyl (C=O) groups is 3. The van der Waals surface area contributed by atoms with E-state index in [2.05, 4.69) is 5.32 Å². The zero-order chi connectivity index (χ0) is 15.4. The molecule has 2 aliphatic rings. The first kappa shape index (κ1) is 15.6. The molecule has 4 N–H and O–H groups in total. The minimum atomic E-state index is -1.01. The summed E-state index contributed by atoms with van der Waals surface area (Å²) >= 11 is 0.